The Morgan fingerprint density at radius 1 is 1.50 bits per heavy atom. The average Bonchev–Trinajstić information content (AvgIpc) is 3.16. The van der Waals surface area contributed by atoms with Crippen molar-refractivity contribution in [1.29, 1.82) is 0 Å². The summed E-state index contributed by atoms with van der Waals surface area (Å²) in [6.07, 6.45) is 3.66. The van der Waals surface area contributed by atoms with E-state index in [0.717, 1.165) is 12.8 Å². The van der Waals surface area contributed by atoms with Crippen molar-refractivity contribution < 1.29 is 19.4 Å². The highest BCUT2D eigenvalue weighted by atomic mass is 32.2. The van der Waals surface area contributed by atoms with Gasteiger partial charge in [-0.25, -0.2) is 9.78 Å². The van der Waals surface area contributed by atoms with Crippen LogP contribution in [0.5, 0.6) is 0 Å². The lowest BCUT2D eigenvalue weighted by atomic mass is 10.1. The molecule has 0 spiro atoms. The predicted molar refractivity (Wildman–Crippen MR) is 74.8 cm³/mol. The van der Waals surface area contributed by atoms with Crippen molar-refractivity contribution in [3.63, 3.8) is 0 Å². The van der Waals surface area contributed by atoms with Gasteiger partial charge in [0.2, 0.25) is 0 Å². The molecule has 0 radical (unpaired) electrons. The number of hydrogen-bond acceptors (Lipinski definition) is 5. The van der Waals surface area contributed by atoms with Gasteiger partial charge in [-0.2, -0.15) is 0 Å². The molecule has 20 heavy (non-hydrogen) atoms. The molecule has 0 saturated heterocycles. The Kier molecular flexibility index (Phi) is 4.65. The molecule has 0 aromatic carbocycles. The first kappa shape index (κ1) is 14.8. The van der Waals surface area contributed by atoms with E-state index >= 15 is 0 Å². The molecule has 108 valence electrons. The van der Waals surface area contributed by atoms with Crippen LogP contribution in [0.3, 0.4) is 0 Å². The van der Waals surface area contributed by atoms with Crippen LogP contribution in [0.1, 0.15) is 36.5 Å². The number of hydrogen-bond donors (Lipinski definition) is 1. The van der Waals surface area contributed by atoms with Gasteiger partial charge in [-0.15, -0.1) is 11.8 Å². The third-order valence-electron chi connectivity index (χ3n) is 3.26. The molecule has 1 aliphatic carbocycles. The van der Waals surface area contributed by atoms with Crippen molar-refractivity contribution in [2.75, 3.05) is 12.4 Å². The number of nitrogens with zero attached hydrogens (tertiary/aromatic N) is 1. The van der Waals surface area contributed by atoms with Gasteiger partial charge in [0.05, 0.1) is 18.6 Å². The third kappa shape index (κ3) is 3.72. The monoisotopic (exact) mass is 295 g/mol. The topological polar surface area (TPSA) is 76.5 Å². The minimum Gasteiger partial charge on any atom is -0.481 e. The molecule has 5 nitrogen and oxygen atoms in total. The van der Waals surface area contributed by atoms with Crippen LogP contribution in [0.25, 0.3) is 0 Å². The molecule has 0 aliphatic heterocycles. The lowest BCUT2D eigenvalue weighted by molar-refractivity contribution is -0.138. The van der Waals surface area contributed by atoms with Gasteiger partial charge in [-0.3, -0.25) is 4.79 Å². The smallest absolute Gasteiger partial charge is 0.340 e. The standard InChI is InChI=1S/C14H17NO4S/c1-2-19-13(18)10-4-3-7-15-12(10)20-9-14(5-6-14)8-11(16)17/h3-4,7H,2,5-6,8-9H2,1H3,(H,16,17). The van der Waals surface area contributed by atoms with Crippen LogP contribution in [-0.4, -0.2) is 34.4 Å². The van der Waals surface area contributed by atoms with Crippen molar-refractivity contribution >= 4 is 23.7 Å². The summed E-state index contributed by atoms with van der Waals surface area (Å²) in [6.45, 7) is 2.08. The number of carbonyl (C=O) groups excluding carboxylic acids is 1. The van der Waals surface area contributed by atoms with E-state index in [1.807, 2.05) is 0 Å². The summed E-state index contributed by atoms with van der Waals surface area (Å²) in [5.74, 6) is -0.483. The summed E-state index contributed by atoms with van der Waals surface area (Å²) in [6, 6.07) is 3.38. The van der Waals surface area contributed by atoms with E-state index in [4.69, 9.17) is 9.84 Å². The number of aliphatic carboxylic acids is 1. The van der Waals surface area contributed by atoms with Crippen LogP contribution in [0.2, 0.25) is 0 Å². The Hall–Kier alpha value is -1.56. The van der Waals surface area contributed by atoms with E-state index in [0.29, 0.717) is 22.9 Å². The minimum atomic E-state index is -0.769. The SMILES string of the molecule is CCOC(=O)c1cccnc1SCC1(CC(=O)O)CC1. The molecule has 2 rings (SSSR count). The Morgan fingerprint density at radius 2 is 2.25 bits per heavy atom. The Bertz CT molecular complexity index is 514. The summed E-state index contributed by atoms with van der Waals surface area (Å²) in [5, 5.41) is 9.51. The molecule has 6 heteroatoms. The normalized spacial score (nSPS) is 15.7. The highest BCUT2D eigenvalue weighted by Gasteiger charge is 2.44. The second-order valence-electron chi connectivity index (χ2n) is 4.94. The largest absolute Gasteiger partial charge is 0.481 e. The lowest BCUT2D eigenvalue weighted by Crippen LogP contribution is -2.12. The van der Waals surface area contributed by atoms with Crippen molar-refractivity contribution in [3.05, 3.63) is 23.9 Å². The van der Waals surface area contributed by atoms with Crippen molar-refractivity contribution in [2.45, 2.75) is 31.2 Å². The number of carboxylic acid groups (broad SMARTS) is 1. The summed E-state index contributed by atoms with van der Waals surface area (Å²) >= 11 is 1.44. The van der Waals surface area contributed by atoms with Gasteiger partial charge in [0.1, 0.15) is 5.03 Å². The van der Waals surface area contributed by atoms with Crippen molar-refractivity contribution in [1.82, 2.24) is 4.98 Å². The number of rotatable bonds is 7. The van der Waals surface area contributed by atoms with E-state index in [1.54, 1.807) is 25.3 Å². The van der Waals surface area contributed by atoms with E-state index in [-0.39, 0.29) is 17.8 Å². The predicted octanol–water partition coefficient (Wildman–Crippen LogP) is 2.61. The van der Waals surface area contributed by atoms with Gasteiger partial charge < -0.3 is 9.84 Å². The molecule has 0 amide bonds. The molecule has 1 N–H and O–H groups in total. The zero-order chi connectivity index (χ0) is 14.6. The molecule has 0 unspecified atom stereocenters. The number of thioether (sulfide) groups is 1. The van der Waals surface area contributed by atoms with Gasteiger partial charge in [-0.05, 0) is 37.3 Å². The highest BCUT2D eigenvalue weighted by molar-refractivity contribution is 7.99. The second-order valence-corrected chi connectivity index (χ2v) is 5.90. The van der Waals surface area contributed by atoms with Crippen LogP contribution < -0.4 is 0 Å². The third-order valence-corrected chi connectivity index (χ3v) is 4.62. The summed E-state index contributed by atoms with van der Waals surface area (Å²) in [5.41, 5.74) is 0.324. The fourth-order valence-electron chi connectivity index (χ4n) is 1.96. The first-order valence-electron chi connectivity index (χ1n) is 6.53. The zero-order valence-electron chi connectivity index (χ0n) is 11.3. The zero-order valence-corrected chi connectivity index (χ0v) is 12.1. The quantitative estimate of drug-likeness (QED) is 0.615. The maximum Gasteiger partial charge on any atom is 0.340 e. The van der Waals surface area contributed by atoms with E-state index in [1.165, 1.54) is 11.8 Å². The van der Waals surface area contributed by atoms with Gasteiger partial charge in [0.15, 0.2) is 0 Å². The van der Waals surface area contributed by atoms with Gasteiger partial charge in [0.25, 0.3) is 0 Å². The Morgan fingerprint density at radius 3 is 2.85 bits per heavy atom. The number of aromatic nitrogens is 1. The molecule has 1 aromatic rings. The van der Waals surface area contributed by atoms with E-state index < -0.39 is 5.97 Å². The molecule has 1 aromatic heterocycles. The lowest BCUT2D eigenvalue weighted by Gasteiger charge is -2.12. The number of esters is 1. The molecule has 0 bridgehead atoms. The molecule has 1 heterocycles. The Labute approximate surface area is 121 Å². The first-order valence-corrected chi connectivity index (χ1v) is 7.52. The van der Waals surface area contributed by atoms with Crippen LogP contribution in [0.4, 0.5) is 0 Å². The first-order chi connectivity index (χ1) is 9.56. The fraction of sp³-hybridized carbons (Fsp3) is 0.500. The van der Waals surface area contributed by atoms with Gasteiger partial charge >= 0.3 is 11.9 Å². The number of carboxylic acids is 1. The minimum absolute atomic E-state index is 0.125. The van der Waals surface area contributed by atoms with Crippen molar-refractivity contribution in [3.8, 4) is 0 Å². The van der Waals surface area contributed by atoms with Gasteiger partial charge in [-0.1, -0.05) is 0 Å². The van der Waals surface area contributed by atoms with E-state index in [2.05, 4.69) is 4.98 Å². The fourth-order valence-corrected chi connectivity index (χ4v) is 3.24. The molecular formula is C14H17NO4S. The highest BCUT2D eigenvalue weighted by Crippen LogP contribution is 2.52. The maximum atomic E-state index is 11.8. The summed E-state index contributed by atoms with van der Waals surface area (Å²) in [7, 11) is 0. The van der Waals surface area contributed by atoms with Crippen LogP contribution in [-0.2, 0) is 9.53 Å². The van der Waals surface area contributed by atoms with Crippen LogP contribution in [0.15, 0.2) is 23.4 Å². The molecule has 1 fully saturated rings. The molecular weight excluding hydrogens is 278 g/mol. The second kappa shape index (κ2) is 6.26. The maximum absolute atomic E-state index is 11.8. The molecule has 1 saturated carbocycles. The summed E-state index contributed by atoms with van der Waals surface area (Å²) in [4.78, 5) is 26.8. The number of ether oxygens (including phenoxy) is 1. The van der Waals surface area contributed by atoms with E-state index in [9.17, 15) is 9.59 Å². The van der Waals surface area contributed by atoms with Crippen LogP contribution in [0, 0.1) is 5.41 Å². The molecule has 0 atom stereocenters. The molecule has 1 aliphatic rings. The number of pyridine rings is 1. The average molecular weight is 295 g/mol. The van der Waals surface area contributed by atoms with Gasteiger partial charge in [0, 0.05) is 11.9 Å². The Balaban J connectivity index is 2.03. The summed E-state index contributed by atoms with van der Waals surface area (Å²) < 4.78 is 4.99. The number of carbonyl (C=O) groups is 2. The van der Waals surface area contributed by atoms with Crippen LogP contribution >= 0.6 is 11.8 Å². The van der Waals surface area contributed by atoms with Crippen molar-refractivity contribution in [2.24, 2.45) is 5.41 Å².